The Kier molecular flexibility index (Phi) is 4.71. The van der Waals surface area contributed by atoms with E-state index in [1.165, 1.54) is 37.7 Å². The first kappa shape index (κ1) is 14.3. The first-order valence-corrected chi connectivity index (χ1v) is 8.09. The number of nitrogens with zero attached hydrogens (tertiary/aromatic N) is 2. The summed E-state index contributed by atoms with van der Waals surface area (Å²) in [6.45, 7) is 0.833. The Morgan fingerprint density at radius 1 is 1.19 bits per heavy atom. The lowest BCUT2D eigenvalue weighted by Crippen LogP contribution is -2.30. The van der Waals surface area contributed by atoms with E-state index in [1.54, 1.807) is 0 Å². The van der Waals surface area contributed by atoms with Gasteiger partial charge in [0.05, 0.1) is 6.54 Å². The lowest BCUT2D eigenvalue weighted by molar-refractivity contribution is 0.268. The third kappa shape index (κ3) is 3.53. The van der Waals surface area contributed by atoms with Crippen LogP contribution in [-0.2, 0) is 13.6 Å². The Labute approximate surface area is 127 Å². The highest BCUT2D eigenvalue weighted by atomic mass is 15.1. The number of aromatic nitrogens is 2. The second kappa shape index (κ2) is 6.90. The summed E-state index contributed by atoms with van der Waals surface area (Å²) in [5, 5.41) is 3.77. The SMILES string of the molecule is Cn1ccnc1CNC(c1ccccc1)C1CCCCC1. The van der Waals surface area contributed by atoms with E-state index in [-0.39, 0.29) is 0 Å². The van der Waals surface area contributed by atoms with Gasteiger partial charge in [-0.25, -0.2) is 4.98 Å². The predicted octanol–water partition coefficient (Wildman–Crippen LogP) is 3.83. The zero-order chi connectivity index (χ0) is 14.5. The molecule has 21 heavy (non-hydrogen) atoms. The van der Waals surface area contributed by atoms with E-state index < -0.39 is 0 Å². The molecule has 3 heteroatoms. The minimum atomic E-state index is 0.447. The summed E-state index contributed by atoms with van der Waals surface area (Å²) in [6.07, 6.45) is 10.7. The fourth-order valence-corrected chi connectivity index (χ4v) is 3.45. The first-order valence-electron chi connectivity index (χ1n) is 8.09. The minimum Gasteiger partial charge on any atom is -0.337 e. The average molecular weight is 283 g/mol. The van der Waals surface area contributed by atoms with Crippen molar-refractivity contribution >= 4 is 0 Å². The highest BCUT2D eigenvalue weighted by Gasteiger charge is 2.24. The van der Waals surface area contributed by atoms with Crippen molar-refractivity contribution in [2.45, 2.75) is 44.7 Å². The fraction of sp³-hybridized carbons (Fsp3) is 0.500. The molecule has 2 aromatic rings. The van der Waals surface area contributed by atoms with Crippen LogP contribution in [0.2, 0.25) is 0 Å². The van der Waals surface area contributed by atoms with Crippen LogP contribution in [0, 0.1) is 5.92 Å². The van der Waals surface area contributed by atoms with Crippen LogP contribution < -0.4 is 5.32 Å². The van der Waals surface area contributed by atoms with Crippen LogP contribution >= 0.6 is 0 Å². The smallest absolute Gasteiger partial charge is 0.122 e. The number of aryl methyl sites for hydroxylation is 1. The number of nitrogens with one attached hydrogen (secondary N) is 1. The average Bonchev–Trinajstić information content (AvgIpc) is 2.95. The van der Waals surface area contributed by atoms with Crippen LogP contribution in [0.1, 0.15) is 49.5 Å². The highest BCUT2D eigenvalue weighted by molar-refractivity contribution is 5.20. The lowest BCUT2D eigenvalue weighted by Gasteiger charge is -2.31. The Bertz CT molecular complexity index is 541. The fourth-order valence-electron chi connectivity index (χ4n) is 3.45. The van der Waals surface area contributed by atoms with E-state index in [2.05, 4.69) is 52.2 Å². The molecule has 1 aliphatic carbocycles. The summed E-state index contributed by atoms with van der Waals surface area (Å²) < 4.78 is 2.09. The van der Waals surface area contributed by atoms with Crippen molar-refractivity contribution in [3.8, 4) is 0 Å². The van der Waals surface area contributed by atoms with E-state index in [0.29, 0.717) is 6.04 Å². The molecule has 1 saturated carbocycles. The van der Waals surface area contributed by atoms with Gasteiger partial charge in [-0.2, -0.15) is 0 Å². The van der Waals surface area contributed by atoms with Gasteiger partial charge in [0.2, 0.25) is 0 Å². The van der Waals surface area contributed by atoms with Gasteiger partial charge < -0.3 is 9.88 Å². The molecular weight excluding hydrogens is 258 g/mol. The zero-order valence-electron chi connectivity index (χ0n) is 12.8. The summed E-state index contributed by atoms with van der Waals surface area (Å²) in [7, 11) is 2.06. The maximum Gasteiger partial charge on any atom is 0.122 e. The van der Waals surface area contributed by atoms with Gasteiger partial charge in [0.1, 0.15) is 5.82 Å². The molecule has 112 valence electrons. The second-order valence-electron chi connectivity index (χ2n) is 6.12. The molecule has 0 spiro atoms. The molecule has 1 aromatic heterocycles. The molecule has 3 rings (SSSR count). The Balaban J connectivity index is 1.74. The molecule has 1 N–H and O–H groups in total. The van der Waals surface area contributed by atoms with Crippen LogP contribution in [0.15, 0.2) is 42.7 Å². The summed E-state index contributed by atoms with van der Waals surface area (Å²) in [5.74, 6) is 1.85. The monoisotopic (exact) mass is 283 g/mol. The van der Waals surface area contributed by atoms with E-state index >= 15 is 0 Å². The van der Waals surface area contributed by atoms with E-state index in [1.807, 2.05) is 12.4 Å². The van der Waals surface area contributed by atoms with Crippen molar-refractivity contribution in [1.29, 1.82) is 0 Å². The van der Waals surface area contributed by atoms with Crippen molar-refractivity contribution in [2.24, 2.45) is 13.0 Å². The minimum absolute atomic E-state index is 0.447. The van der Waals surface area contributed by atoms with Gasteiger partial charge in [0.25, 0.3) is 0 Å². The third-order valence-electron chi connectivity index (χ3n) is 4.68. The molecule has 1 atom stereocenters. The summed E-state index contributed by atoms with van der Waals surface area (Å²) in [4.78, 5) is 4.43. The van der Waals surface area contributed by atoms with Crippen LogP contribution in [0.4, 0.5) is 0 Å². The van der Waals surface area contributed by atoms with E-state index in [9.17, 15) is 0 Å². The van der Waals surface area contributed by atoms with Gasteiger partial charge in [-0.3, -0.25) is 0 Å². The highest BCUT2D eigenvalue weighted by Crippen LogP contribution is 2.34. The topological polar surface area (TPSA) is 29.9 Å². The van der Waals surface area contributed by atoms with E-state index in [4.69, 9.17) is 0 Å². The second-order valence-corrected chi connectivity index (χ2v) is 6.12. The normalized spacial score (nSPS) is 17.8. The summed E-state index contributed by atoms with van der Waals surface area (Å²) in [5.41, 5.74) is 1.42. The third-order valence-corrected chi connectivity index (χ3v) is 4.68. The quantitative estimate of drug-likeness (QED) is 0.903. The standard InChI is InChI=1S/C18H25N3/c1-21-13-12-19-17(21)14-20-18(15-8-4-2-5-9-15)16-10-6-3-7-11-16/h2,4-5,8-9,12-13,16,18,20H,3,6-7,10-11,14H2,1H3. The maximum absolute atomic E-state index is 4.43. The Morgan fingerprint density at radius 2 is 1.95 bits per heavy atom. The molecule has 0 radical (unpaired) electrons. The predicted molar refractivity (Wildman–Crippen MR) is 85.8 cm³/mol. The van der Waals surface area contributed by atoms with Crippen molar-refractivity contribution < 1.29 is 0 Å². The molecule has 1 aromatic carbocycles. The van der Waals surface area contributed by atoms with Gasteiger partial charge in [-0.1, -0.05) is 49.6 Å². The molecule has 1 heterocycles. The van der Waals surface area contributed by atoms with Gasteiger partial charge in [-0.05, 0) is 24.3 Å². The molecule has 0 bridgehead atoms. The number of benzene rings is 1. The number of hydrogen-bond acceptors (Lipinski definition) is 2. The van der Waals surface area contributed by atoms with Crippen molar-refractivity contribution in [1.82, 2.24) is 14.9 Å². The molecular formula is C18H25N3. The lowest BCUT2D eigenvalue weighted by atomic mass is 9.81. The summed E-state index contributed by atoms with van der Waals surface area (Å²) in [6, 6.07) is 11.3. The zero-order valence-corrected chi connectivity index (χ0v) is 12.8. The largest absolute Gasteiger partial charge is 0.337 e. The van der Waals surface area contributed by atoms with Crippen molar-refractivity contribution in [2.75, 3.05) is 0 Å². The summed E-state index contributed by atoms with van der Waals surface area (Å²) >= 11 is 0. The van der Waals surface area contributed by atoms with E-state index in [0.717, 1.165) is 18.3 Å². The van der Waals surface area contributed by atoms with Crippen LogP contribution in [0.5, 0.6) is 0 Å². The first-order chi connectivity index (χ1) is 10.3. The Morgan fingerprint density at radius 3 is 2.62 bits per heavy atom. The molecule has 0 saturated heterocycles. The molecule has 0 amide bonds. The molecule has 1 fully saturated rings. The molecule has 1 aliphatic rings. The number of rotatable bonds is 5. The van der Waals surface area contributed by atoms with Gasteiger partial charge >= 0.3 is 0 Å². The van der Waals surface area contributed by atoms with Crippen molar-refractivity contribution in [3.63, 3.8) is 0 Å². The van der Waals surface area contributed by atoms with Crippen LogP contribution in [-0.4, -0.2) is 9.55 Å². The molecule has 0 aliphatic heterocycles. The van der Waals surface area contributed by atoms with Crippen LogP contribution in [0.25, 0.3) is 0 Å². The number of hydrogen-bond donors (Lipinski definition) is 1. The van der Waals surface area contributed by atoms with Gasteiger partial charge in [-0.15, -0.1) is 0 Å². The van der Waals surface area contributed by atoms with Crippen molar-refractivity contribution in [3.05, 3.63) is 54.1 Å². The van der Waals surface area contributed by atoms with Gasteiger partial charge in [0.15, 0.2) is 0 Å². The van der Waals surface area contributed by atoms with Gasteiger partial charge in [0, 0.05) is 25.5 Å². The maximum atomic E-state index is 4.43. The van der Waals surface area contributed by atoms with Crippen LogP contribution in [0.3, 0.4) is 0 Å². The number of imidazole rings is 1. The molecule has 3 nitrogen and oxygen atoms in total. The Hall–Kier alpha value is -1.61. The molecule has 1 unspecified atom stereocenters.